The number of nitrogens with two attached hydrogens (primary N) is 2. The first kappa shape index (κ1) is 12.2. The van der Waals surface area contributed by atoms with Crippen LogP contribution >= 0.6 is 11.3 Å². The van der Waals surface area contributed by atoms with Crippen molar-refractivity contribution in [1.82, 2.24) is 0 Å². The summed E-state index contributed by atoms with van der Waals surface area (Å²) in [6.45, 7) is 1.82. The van der Waals surface area contributed by atoms with Crippen LogP contribution in [-0.4, -0.2) is 17.1 Å². The summed E-state index contributed by atoms with van der Waals surface area (Å²) in [4.78, 5) is 22.0. The lowest BCUT2D eigenvalue weighted by molar-refractivity contribution is 0.100. The molecule has 0 unspecified atom stereocenters. The maximum absolute atomic E-state index is 11.4. The molecule has 0 aliphatic carbocycles. The number of nitrogens with one attached hydrogen (secondary N) is 1. The van der Waals surface area contributed by atoms with E-state index < -0.39 is 12.0 Å². The van der Waals surface area contributed by atoms with E-state index in [9.17, 15) is 9.59 Å². The highest BCUT2D eigenvalue weighted by atomic mass is 32.1. The number of carbonyl (C=O) groups excluding carboxylic acids is 1. The molecule has 0 radical (unpaired) electrons. The molecule has 1 aromatic heterocycles. The van der Waals surface area contributed by atoms with Gasteiger partial charge in [-0.25, -0.2) is 4.79 Å². The van der Waals surface area contributed by atoms with Crippen molar-refractivity contribution in [1.29, 1.82) is 0 Å². The zero-order chi connectivity index (χ0) is 13.4. The molecule has 1 heterocycles. The highest BCUT2D eigenvalue weighted by molar-refractivity contribution is 7.23. The molecule has 6 N–H and O–H groups in total. The lowest BCUT2D eigenvalue weighted by Gasteiger charge is -2.04. The molecule has 0 saturated carbocycles. The van der Waals surface area contributed by atoms with Crippen LogP contribution in [-0.2, 0) is 0 Å². The van der Waals surface area contributed by atoms with E-state index in [1.54, 1.807) is 12.1 Å². The van der Waals surface area contributed by atoms with Gasteiger partial charge in [-0.05, 0) is 24.6 Å². The number of carbonyl (C=O) groups is 2. The monoisotopic (exact) mass is 265 g/mol. The number of primary amides is 1. The van der Waals surface area contributed by atoms with Crippen molar-refractivity contribution in [2.75, 3.05) is 11.1 Å². The molecule has 6 nitrogen and oxygen atoms in total. The third-order valence-corrected chi connectivity index (χ3v) is 3.67. The fourth-order valence-corrected chi connectivity index (χ4v) is 2.86. The summed E-state index contributed by atoms with van der Waals surface area (Å²) >= 11 is 1.26. The van der Waals surface area contributed by atoms with Crippen LogP contribution in [0.4, 0.5) is 15.5 Å². The predicted octanol–water partition coefficient (Wildman–Crippen LogP) is 1.98. The van der Waals surface area contributed by atoms with Crippen molar-refractivity contribution in [3.05, 3.63) is 23.3 Å². The second-order valence-corrected chi connectivity index (χ2v) is 4.86. The largest absolute Gasteiger partial charge is 0.465 e. The number of fused-ring (bicyclic) bond motifs is 1. The number of hydrogen-bond donors (Lipinski definition) is 4. The zero-order valence-corrected chi connectivity index (χ0v) is 10.3. The number of amides is 2. The number of benzene rings is 1. The Kier molecular flexibility index (Phi) is 2.84. The number of anilines is 2. The Balaban J connectivity index is 2.72. The predicted molar refractivity (Wildman–Crippen MR) is 71.1 cm³/mol. The second kappa shape index (κ2) is 4.19. The number of rotatable bonds is 2. The average Bonchev–Trinajstić information content (AvgIpc) is 2.53. The number of carboxylic acid groups (broad SMARTS) is 1. The minimum Gasteiger partial charge on any atom is -0.465 e. The van der Waals surface area contributed by atoms with E-state index in [4.69, 9.17) is 16.6 Å². The molecule has 2 aromatic rings. The highest BCUT2D eigenvalue weighted by Crippen LogP contribution is 2.37. The molecule has 0 aliphatic rings. The molecule has 0 aliphatic heterocycles. The van der Waals surface area contributed by atoms with E-state index in [-0.39, 0.29) is 5.56 Å². The molecule has 0 spiro atoms. The first-order valence-corrected chi connectivity index (χ1v) is 5.84. The van der Waals surface area contributed by atoms with Gasteiger partial charge in [0.15, 0.2) is 0 Å². The molecular weight excluding hydrogens is 254 g/mol. The Bertz CT molecular complexity index is 663. The van der Waals surface area contributed by atoms with Gasteiger partial charge in [-0.1, -0.05) is 0 Å². The first-order valence-electron chi connectivity index (χ1n) is 5.02. The van der Waals surface area contributed by atoms with Crippen LogP contribution in [0.25, 0.3) is 10.1 Å². The van der Waals surface area contributed by atoms with Crippen LogP contribution in [0.5, 0.6) is 0 Å². The summed E-state index contributed by atoms with van der Waals surface area (Å²) in [6.07, 6.45) is -1.17. The Morgan fingerprint density at radius 1 is 1.39 bits per heavy atom. The van der Waals surface area contributed by atoms with E-state index >= 15 is 0 Å². The van der Waals surface area contributed by atoms with Gasteiger partial charge in [-0.2, -0.15) is 0 Å². The second-order valence-electron chi connectivity index (χ2n) is 3.81. The molecule has 0 bridgehead atoms. The van der Waals surface area contributed by atoms with Crippen molar-refractivity contribution in [2.45, 2.75) is 6.92 Å². The normalized spacial score (nSPS) is 10.5. The van der Waals surface area contributed by atoms with E-state index in [2.05, 4.69) is 5.32 Å². The molecule has 0 fully saturated rings. The first-order chi connectivity index (χ1) is 8.40. The van der Waals surface area contributed by atoms with Gasteiger partial charge in [0.1, 0.15) is 0 Å². The minimum absolute atomic E-state index is 0.243. The fraction of sp³-hybridized carbons (Fsp3) is 0.0909. The smallest absolute Gasteiger partial charge is 0.409 e. The van der Waals surface area contributed by atoms with Crippen molar-refractivity contribution < 1.29 is 14.7 Å². The van der Waals surface area contributed by atoms with Crippen LogP contribution < -0.4 is 16.8 Å². The van der Waals surface area contributed by atoms with Gasteiger partial charge in [0, 0.05) is 15.8 Å². The van der Waals surface area contributed by atoms with E-state index in [1.807, 2.05) is 6.92 Å². The number of hydrogen-bond acceptors (Lipinski definition) is 4. The van der Waals surface area contributed by atoms with E-state index in [0.717, 1.165) is 10.3 Å². The Morgan fingerprint density at radius 3 is 2.61 bits per heavy atom. The summed E-state index contributed by atoms with van der Waals surface area (Å²) in [5, 5.41) is 11.8. The van der Waals surface area contributed by atoms with Gasteiger partial charge in [0.05, 0.1) is 10.6 Å². The summed E-state index contributed by atoms with van der Waals surface area (Å²) in [5.41, 5.74) is 12.5. The third-order valence-electron chi connectivity index (χ3n) is 2.50. The minimum atomic E-state index is -1.17. The van der Waals surface area contributed by atoms with Crippen LogP contribution in [0.2, 0.25) is 0 Å². The van der Waals surface area contributed by atoms with Crippen LogP contribution in [0.3, 0.4) is 0 Å². The van der Waals surface area contributed by atoms with E-state index in [1.165, 1.54) is 11.3 Å². The lowest BCUT2D eigenvalue weighted by Crippen LogP contribution is -2.12. The number of thiophene rings is 1. The van der Waals surface area contributed by atoms with Crippen molar-refractivity contribution in [2.24, 2.45) is 5.73 Å². The SMILES string of the molecule is Cc1cc(NC(=O)O)cc2c(C(N)=O)c(N)sc12. The van der Waals surface area contributed by atoms with Crippen LogP contribution in [0.1, 0.15) is 15.9 Å². The van der Waals surface area contributed by atoms with Crippen LogP contribution in [0, 0.1) is 6.92 Å². The van der Waals surface area contributed by atoms with E-state index in [0.29, 0.717) is 16.1 Å². The summed E-state index contributed by atoms with van der Waals surface area (Å²) in [6, 6.07) is 3.24. The van der Waals surface area contributed by atoms with Crippen molar-refractivity contribution >= 4 is 44.1 Å². The van der Waals surface area contributed by atoms with Gasteiger partial charge < -0.3 is 16.6 Å². The average molecular weight is 265 g/mol. The third kappa shape index (κ3) is 1.95. The molecule has 1 aromatic carbocycles. The van der Waals surface area contributed by atoms with Gasteiger partial charge in [0.2, 0.25) is 0 Å². The lowest BCUT2D eigenvalue weighted by atomic mass is 10.1. The fourth-order valence-electron chi connectivity index (χ4n) is 1.84. The summed E-state index contributed by atoms with van der Waals surface area (Å²) in [7, 11) is 0. The molecule has 0 atom stereocenters. The van der Waals surface area contributed by atoms with Gasteiger partial charge in [-0.3, -0.25) is 10.1 Å². The Labute approximate surface area is 106 Å². The molecule has 94 valence electrons. The van der Waals surface area contributed by atoms with Crippen molar-refractivity contribution in [3.8, 4) is 0 Å². The standard InChI is InChI=1S/C11H11N3O3S/c1-4-2-5(14-11(16)17)3-6-7(9(12)15)10(13)18-8(4)6/h2-3,14H,13H2,1H3,(H2,12,15)(H,16,17). The topological polar surface area (TPSA) is 118 Å². The maximum atomic E-state index is 11.4. The Hall–Kier alpha value is -2.28. The number of aryl methyl sites for hydroxylation is 1. The summed E-state index contributed by atoms with van der Waals surface area (Å²) < 4.78 is 0.831. The quantitative estimate of drug-likeness (QED) is 0.663. The van der Waals surface area contributed by atoms with Crippen molar-refractivity contribution in [3.63, 3.8) is 0 Å². The van der Waals surface area contributed by atoms with Gasteiger partial charge in [0.25, 0.3) is 5.91 Å². The molecule has 18 heavy (non-hydrogen) atoms. The maximum Gasteiger partial charge on any atom is 0.409 e. The van der Waals surface area contributed by atoms with Crippen LogP contribution in [0.15, 0.2) is 12.1 Å². The van der Waals surface area contributed by atoms with Gasteiger partial charge >= 0.3 is 6.09 Å². The Morgan fingerprint density at radius 2 is 2.06 bits per heavy atom. The molecule has 2 rings (SSSR count). The highest BCUT2D eigenvalue weighted by Gasteiger charge is 2.17. The summed E-state index contributed by atoms with van der Waals surface area (Å²) in [5.74, 6) is -0.620. The molecule has 2 amide bonds. The number of nitrogen functional groups attached to an aromatic ring is 1. The molecule has 7 heteroatoms. The van der Waals surface area contributed by atoms with Gasteiger partial charge in [-0.15, -0.1) is 11.3 Å². The molecule has 0 saturated heterocycles. The zero-order valence-electron chi connectivity index (χ0n) is 9.48. The molecular formula is C11H11N3O3S.